The highest BCUT2D eigenvalue weighted by atomic mass is 32.1. The number of fused-ring (bicyclic) bond motifs is 1. The first-order valence-corrected chi connectivity index (χ1v) is 11.2. The Labute approximate surface area is 185 Å². The van der Waals surface area contributed by atoms with Gasteiger partial charge in [-0.3, -0.25) is 4.79 Å². The fourth-order valence-electron chi connectivity index (χ4n) is 4.50. The van der Waals surface area contributed by atoms with E-state index in [4.69, 9.17) is 9.47 Å². The summed E-state index contributed by atoms with van der Waals surface area (Å²) in [5.41, 5.74) is 4.92. The third-order valence-corrected chi connectivity index (χ3v) is 6.95. The number of carbonyl (C=O) groups excluding carboxylic acids is 1. The van der Waals surface area contributed by atoms with Crippen molar-refractivity contribution < 1.29 is 14.3 Å². The second-order valence-corrected chi connectivity index (χ2v) is 8.78. The molecule has 1 aromatic heterocycles. The van der Waals surface area contributed by atoms with E-state index < -0.39 is 0 Å². The summed E-state index contributed by atoms with van der Waals surface area (Å²) in [6, 6.07) is 18.0. The van der Waals surface area contributed by atoms with Crippen molar-refractivity contribution in [3.63, 3.8) is 0 Å². The van der Waals surface area contributed by atoms with Gasteiger partial charge in [-0.15, -0.1) is 11.3 Å². The molecule has 0 spiro atoms. The van der Waals surface area contributed by atoms with Crippen LogP contribution in [0, 0.1) is 0 Å². The van der Waals surface area contributed by atoms with Crippen molar-refractivity contribution in [1.82, 2.24) is 0 Å². The van der Waals surface area contributed by atoms with E-state index in [0.717, 1.165) is 39.5 Å². The lowest BCUT2D eigenvalue weighted by molar-refractivity contribution is -0.116. The second kappa shape index (κ2) is 8.12. The van der Waals surface area contributed by atoms with Crippen LogP contribution in [0.2, 0.25) is 0 Å². The SMILES string of the molecule is COc1ccc([C@H]2CC(=O)C3=C(C2)Nc2ccccc2N[C@@H]3c2cccs2)cc1OC. The van der Waals surface area contributed by atoms with Crippen molar-refractivity contribution in [3.05, 3.63) is 81.7 Å². The van der Waals surface area contributed by atoms with Crippen molar-refractivity contribution >= 4 is 28.5 Å². The number of methoxy groups -OCH3 is 2. The molecule has 1 aliphatic carbocycles. The van der Waals surface area contributed by atoms with Gasteiger partial charge in [0, 0.05) is 22.6 Å². The van der Waals surface area contributed by atoms with E-state index in [9.17, 15) is 4.79 Å². The number of nitrogens with one attached hydrogen (secondary N) is 2. The number of hydrogen-bond donors (Lipinski definition) is 2. The van der Waals surface area contributed by atoms with Crippen LogP contribution in [-0.4, -0.2) is 20.0 Å². The summed E-state index contributed by atoms with van der Waals surface area (Å²) in [5.74, 6) is 1.63. The largest absolute Gasteiger partial charge is 0.493 e. The number of Topliss-reactive ketones (excluding diaryl/α,β-unsaturated/α-hetero) is 1. The molecule has 0 saturated heterocycles. The summed E-state index contributed by atoms with van der Waals surface area (Å²) < 4.78 is 10.9. The molecule has 2 aliphatic rings. The average molecular weight is 433 g/mol. The van der Waals surface area contributed by atoms with Gasteiger partial charge < -0.3 is 20.1 Å². The van der Waals surface area contributed by atoms with Crippen LogP contribution in [0.15, 0.2) is 71.2 Å². The molecule has 2 N–H and O–H groups in total. The molecule has 5 nitrogen and oxygen atoms in total. The number of hydrogen-bond acceptors (Lipinski definition) is 6. The van der Waals surface area contributed by atoms with E-state index in [2.05, 4.69) is 28.1 Å². The fraction of sp³-hybridized carbons (Fsp3) is 0.240. The van der Waals surface area contributed by atoms with Crippen LogP contribution in [-0.2, 0) is 4.79 Å². The Bertz CT molecular complexity index is 1150. The number of para-hydroxylation sites is 2. The van der Waals surface area contributed by atoms with Gasteiger partial charge in [0.15, 0.2) is 17.3 Å². The van der Waals surface area contributed by atoms with E-state index in [1.165, 1.54) is 0 Å². The topological polar surface area (TPSA) is 59.6 Å². The number of benzene rings is 2. The van der Waals surface area contributed by atoms with Gasteiger partial charge in [-0.05, 0) is 53.6 Å². The highest BCUT2D eigenvalue weighted by Gasteiger charge is 2.36. The van der Waals surface area contributed by atoms with Gasteiger partial charge in [-0.1, -0.05) is 24.3 Å². The number of ether oxygens (including phenoxy) is 2. The van der Waals surface area contributed by atoms with Crippen LogP contribution in [0.25, 0.3) is 0 Å². The molecule has 0 fully saturated rings. The molecule has 2 heterocycles. The highest BCUT2D eigenvalue weighted by molar-refractivity contribution is 7.10. The Morgan fingerprint density at radius 3 is 2.48 bits per heavy atom. The molecule has 0 amide bonds. The van der Waals surface area contributed by atoms with Gasteiger partial charge in [0.2, 0.25) is 0 Å². The summed E-state index contributed by atoms with van der Waals surface area (Å²) in [5, 5.41) is 9.25. The predicted molar refractivity (Wildman–Crippen MR) is 124 cm³/mol. The minimum absolute atomic E-state index is 0.0767. The summed E-state index contributed by atoms with van der Waals surface area (Å²) in [4.78, 5) is 14.7. The number of allylic oxidation sites excluding steroid dienone is 1. The molecule has 31 heavy (non-hydrogen) atoms. The number of ketones is 1. The van der Waals surface area contributed by atoms with Gasteiger partial charge in [-0.2, -0.15) is 0 Å². The molecular weight excluding hydrogens is 408 g/mol. The number of rotatable bonds is 4. The Morgan fingerprint density at radius 1 is 0.935 bits per heavy atom. The fourth-order valence-corrected chi connectivity index (χ4v) is 5.29. The molecule has 1 aliphatic heterocycles. The maximum atomic E-state index is 13.5. The molecule has 3 aromatic rings. The third-order valence-electron chi connectivity index (χ3n) is 6.02. The Morgan fingerprint density at radius 2 is 1.74 bits per heavy atom. The van der Waals surface area contributed by atoms with Crippen molar-refractivity contribution in [3.8, 4) is 11.5 Å². The standard InChI is InChI=1S/C25H24N2O3S/c1-29-21-10-9-15(14-22(21)30-2)16-12-19-24(20(28)13-16)25(23-8-5-11-31-23)27-18-7-4-3-6-17(18)26-19/h3-11,14,16,25-27H,12-13H2,1-2H3/t16-,25-/m1/s1. The van der Waals surface area contributed by atoms with E-state index in [1.807, 2.05) is 42.5 Å². The lowest BCUT2D eigenvalue weighted by Crippen LogP contribution is -2.26. The molecule has 2 atom stereocenters. The number of carbonyl (C=O) groups is 1. The van der Waals surface area contributed by atoms with Crippen molar-refractivity contribution in [1.29, 1.82) is 0 Å². The molecule has 0 unspecified atom stereocenters. The van der Waals surface area contributed by atoms with Gasteiger partial charge in [0.05, 0.1) is 31.6 Å². The Balaban J connectivity index is 1.56. The van der Waals surface area contributed by atoms with Crippen LogP contribution < -0.4 is 20.1 Å². The summed E-state index contributed by atoms with van der Waals surface area (Å²) in [7, 11) is 3.26. The highest BCUT2D eigenvalue weighted by Crippen LogP contribution is 2.45. The normalized spacial score (nSPS) is 20.1. The summed E-state index contributed by atoms with van der Waals surface area (Å²) in [6.45, 7) is 0. The molecule has 6 heteroatoms. The first-order valence-electron chi connectivity index (χ1n) is 10.3. The number of anilines is 2. The zero-order valence-corrected chi connectivity index (χ0v) is 18.3. The summed E-state index contributed by atoms with van der Waals surface area (Å²) in [6.07, 6.45) is 1.23. The molecule has 0 saturated carbocycles. The van der Waals surface area contributed by atoms with Crippen molar-refractivity contribution in [2.24, 2.45) is 0 Å². The molecule has 0 bridgehead atoms. The Kier molecular flexibility index (Phi) is 5.16. The molecule has 158 valence electrons. The first kappa shape index (κ1) is 19.7. The number of thiophene rings is 1. The van der Waals surface area contributed by atoms with Crippen molar-refractivity contribution in [2.75, 3.05) is 24.9 Å². The maximum absolute atomic E-state index is 13.5. The van der Waals surface area contributed by atoms with Crippen LogP contribution in [0.5, 0.6) is 11.5 Å². The van der Waals surface area contributed by atoms with Crippen molar-refractivity contribution in [2.45, 2.75) is 24.8 Å². The lowest BCUT2D eigenvalue weighted by Gasteiger charge is -2.29. The van der Waals surface area contributed by atoms with E-state index in [1.54, 1.807) is 25.6 Å². The molecule has 0 radical (unpaired) electrons. The predicted octanol–water partition coefficient (Wildman–Crippen LogP) is 5.74. The quantitative estimate of drug-likeness (QED) is 0.550. The lowest BCUT2D eigenvalue weighted by atomic mass is 9.79. The van der Waals surface area contributed by atoms with E-state index in [0.29, 0.717) is 17.9 Å². The molecular formula is C25H24N2O3S. The zero-order valence-electron chi connectivity index (χ0n) is 17.5. The second-order valence-electron chi connectivity index (χ2n) is 7.80. The Hall–Kier alpha value is -3.25. The average Bonchev–Trinajstić information content (AvgIpc) is 3.27. The third kappa shape index (κ3) is 3.57. The molecule has 5 rings (SSSR count). The maximum Gasteiger partial charge on any atom is 0.163 e. The van der Waals surface area contributed by atoms with Crippen LogP contribution in [0.4, 0.5) is 11.4 Å². The van der Waals surface area contributed by atoms with Crippen LogP contribution >= 0.6 is 11.3 Å². The zero-order chi connectivity index (χ0) is 21.4. The van der Waals surface area contributed by atoms with Gasteiger partial charge >= 0.3 is 0 Å². The van der Waals surface area contributed by atoms with E-state index >= 15 is 0 Å². The van der Waals surface area contributed by atoms with Gasteiger partial charge in [-0.25, -0.2) is 0 Å². The molecule has 2 aromatic carbocycles. The van der Waals surface area contributed by atoms with Gasteiger partial charge in [0.25, 0.3) is 0 Å². The van der Waals surface area contributed by atoms with E-state index in [-0.39, 0.29) is 17.7 Å². The summed E-state index contributed by atoms with van der Waals surface area (Å²) >= 11 is 1.67. The van der Waals surface area contributed by atoms with Crippen LogP contribution in [0.3, 0.4) is 0 Å². The first-order chi connectivity index (χ1) is 15.2. The van der Waals surface area contributed by atoms with Gasteiger partial charge in [0.1, 0.15) is 0 Å². The minimum atomic E-state index is -0.148. The smallest absolute Gasteiger partial charge is 0.163 e. The van der Waals surface area contributed by atoms with Crippen LogP contribution in [0.1, 0.15) is 35.2 Å². The minimum Gasteiger partial charge on any atom is -0.493 e. The monoisotopic (exact) mass is 432 g/mol.